The zero-order valence-corrected chi connectivity index (χ0v) is 30.3. The summed E-state index contributed by atoms with van der Waals surface area (Å²) in [5, 5.41) is 0. The van der Waals surface area contributed by atoms with Crippen LogP contribution >= 0.6 is 7.82 Å². The quantitative estimate of drug-likeness (QED) is 0.0231. The number of hydrogen-bond acceptors (Lipinski definition) is 7. The van der Waals surface area contributed by atoms with Crippen molar-refractivity contribution in [3.05, 3.63) is 12.2 Å². The summed E-state index contributed by atoms with van der Waals surface area (Å²) in [5.74, 6) is -0.349. The molecule has 2 unspecified atom stereocenters. The van der Waals surface area contributed by atoms with Crippen molar-refractivity contribution in [1.82, 2.24) is 0 Å². The number of rotatable bonds is 33. The van der Waals surface area contributed by atoms with E-state index in [9.17, 15) is 14.3 Å². The molecule has 8 nitrogen and oxygen atoms in total. The Kier molecular flexibility index (Phi) is 29.1. The Balaban J connectivity index is 4.13. The summed E-state index contributed by atoms with van der Waals surface area (Å²) in [6, 6.07) is 0. The topological polar surface area (TPSA) is 94.1 Å². The number of ether oxygens (including phenoxy) is 2. The highest BCUT2D eigenvalue weighted by atomic mass is 31.2. The fourth-order valence-corrected chi connectivity index (χ4v) is 5.44. The minimum absolute atomic E-state index is 0.0268. The molecule has 0 amide bonds. The van der Waals surface area contributed by atoms with Crippen molar-refractivity contribution in [3.63, 3.8) is 0 Å². The normalized spacial score (nSPS) is 14.2. The number of nitrogens with zero attached hydrogens (tertiary/aromatic N) is 1. The van der Waals surface area contributed by atoms with Gasteiger partial charge < -0.3 is 27.9 Å². The third kappa shape index (κ3) is 32.6. The van der Waals surface area contributed by atoms with Crippen LogP contribution in [-0.2, 0) is 27.9 Å². The van der Waals surface area contributed by atoms with Gasteiger partial charge in [0.05, 0.1) is 34.4 Å². The highest BCUT2D eigenvalue weighted by molar-refractivity contribution is 7.45. The Hall–Kier alpha value is -0.760. The second-order valence-corrected chi connectivity index (χ2v) is 14.6. The van der Waals surface area contributed by atoms with E-state index in [1.165, 1.54) is 83.5 Å². The van der Waals surface area contributed by atoms with E-state index in [0.29, 0.717) is 24.1 Å². The largest absolute Gasteiger partial charge is 0.756 e. The maximum Gasteiger partial charge on any atom is 0.306 e. The zero-order valence-electron chi connectivity index (χ0n) is 29.4. The molecule has 0 aromatic rings. The number of quaternary nitrogens is 1. The highest BCUT2D eigenvalue weighted by Gasteiger charge is 2.20. The van der Waals surface area contributed by atoms with Gasteiger partial charge in [-0.05, 0) is 38.5 Å². The first kappa shape index (κ1) is 43.2. The van der Waals surface area contributed by atoms with Crippen molar-refractivity contribution in [2.24, 2.45) is 0 Å². The molecular formula is C35H70NO7P. The van der Waals surface area contributed by atoms with E-state index in [2.05, 4.69) is 26.0 Å². The Labute approximate surface area is 271 Å². The molecule has 9 heteroatoms. The van der Waals surface area contributed by atoms with Crippen LogP contribution in [-0.4, -0.2) is 70.7 Å². The molecule has 0 spiro atoms. The summed E-state index contributed by atoms with van der Waals surface area (Å²) >= 11 is 0. The van der Waals surface area contributed by atoms with Crippen molar-refractivity contribution >= 4 is 13.8 Å². The Morgan fingerprint density at radius 1 is 0.682 bits per heavy atom. The zero-order chi connectivity index (χ0) is 32.8. The van der Waals surface area contributed by atoms with E-state index in [1.54, 1.807) is 0 Å². The maximum absolute atomic E-state index is 12.4. The summed E-state index contributed by atoms with van der Waals surface area (Å²) in [5.41, 5.74) is 0. The van der Waals surface area contributed by atoms with Gasteiger partial charge in [0.15, 0.2) is 0 Å². The van der Waals surface area contributed by atoms with Crippen LogP contribution in [0.4, 0.5) is 0 Å². The predicted octanol–water partition coefficient (Wildman–Crippen LogP) is 8.91. The number of phosphoric acid groups is 1. The van der Waals surface area contributed by atoms with Gasteiger partial charge in [-0.2, -0.15) is 0 Å². The average Bonchev–Trinajstić information content (AvgIpc) is 2.96. The first-order valence-corrected chi connectivity index (χ1v) is 19.4. The van der Waals surface area contributed by atoms with Gasteiger partial charge in [-0.1, -0.05) is 116 Å². The summed E-state index contributed by atoms with van der Waals surface area (Å²) in [7, 11) is 1.35. The van der Waals surface area contributed by atoms with Crippen molar-refractivity contribution in [1.29, 1.82) is 0 Å². The molecule has 2 atom stereocenters. The van der Waals surface area contributed by atoms with Gasteiger partial charge in [0.2, 0.25) is 0 Å². The van der Waals surface area contributed by atoms with Gasteiger partial charge >= 0.3 is 5.97 Å². The molecule has 0 aliphatic heterocycles. The van der Waals surface area contributed by atoms with E-state index in [-0.39, 0.29) is 25.8 Å². The van der Waals surface area contributed by atoms with Crippen LogP contribution in [0.3, 0.4) is 0 Å². The lowest BCUT2D eigenvalue weighted by atomic mass is 10.1. The van der Waals surface area contributed by atoms with Gasteiger partial charge in [-0.3, -0.25) is 9.36 Å². The van der Waals surface area contributed by atoms with Crippen molar-refractivity contribution in [2.75, 3.05) is 54.1 Å². The number of likely N-dealkylation sites (N-methyl/N-ethyl adjacent to an activating group) is 1. The van der Waals surface area contributed by atoms with E-state index in [4.69, 9.17) is 18.5 Å². The van der Waals surface area contributed by atoms with Crippen LogP contribution in [0.15, 0.2) is 12.2 Å². The molecule has 44 heavy (non-hydrogen) atoms. The number of unbranched alkanes of at least 4 members (excludes halogenated alkanes) is 17. The minimum Gasteiger partial charge on any atom is -0.756 e. The van der Waals surface area contributed by atoms with Gasteiger partial charge in [0.25, 0.3) is 7.82 Å². The van der Waals surface area contributed by atoms with Gasteiger partial charge in [-0.15, -0.1) is 0 Å². The summed E-state index contributed by atoms with van der Waals surface area (Å²) in [6.45, 7) is 5.30. The third-order valence-electron chi connectivity index (χ3n) is 7.57. The number of hydrogen-bond donors (Lipinski definition) is 0. The SMILES string of the molecule is CCCCCCCCC/C=C\CCCCCCCCOCC(COP(=O)([O-])OCC[N+](C)(C)C)OC(=O)CCCCCCC. The molecule has 0 aromatic heterocycles. The highest BCUT2D eigenvalue weighted by Crippen LogP contribution is 2.38. The minimum atomic E-state index is -4.50. The van der Waals surface area contributed by atoms with Crippen molar-refractivity contribution in [2.45, 2.75) is 155 Å². The third-order valence-corrected chi connectivity index (χ3v) is 8.53. The van der Waals surface area contributed by atoms with Crippen LogP contribution in [0.2, 0.25) is 0 Å². The molecular weight excluding hydrogens is 577 g/mol. The summed E-state index contributed by atoms with van der Waals surface area (Å²) in [4.78, 5) is 24.6. The number of esters is 1. The number of phosphoric ester groups is 1. The molecule has 0 N–H and O–H groups in total. The number of carbonyl (C=O) groups is 1. The van der Waals surface area contributed by atoms with Crippen LogP contribution in [0, 0.1) is 0 Å². The molecule has 0 rings (SSSR count). The molecule has 0 aliphatic rings. The van der Waals surface area contributed by atoms with Gasteiger partial charge in [0.1, 0.15) is 19.3 Å². The molecule has 0 saturated heterocycles. The Morgan fingerprint density at radius 2 is 1.18 bits per heavy atom. The monoisotopic (exact) mass is 647 g/mol. The molecule has 0 fully saturated rings. The Morgan fingerprint density at radius 3 is 1.73 bits per heavy atom. The lowest BCUT2D eigenvalue weighted by Gasteiger charge is -2.28. The molecule has 0 saturated carbocycles. The number of carbonyl (C=O) groups excluding carboxylic acids is 1. The second kappa shape index (κ2) is 29.6. The fourth-order valence-electron chi connectivity index (χ4n) is 4.72. The van der Waals surface area contributed by atoms with Crippen LogP contribution in [0.5, 0.6) is 0 Å². The van der Waals surface area contributed by atoms with E-state index >= 15 is 0 Å². The summed E-state index contributed by atoms with van der Waals surface area (Å²) < 4.78 is 34.1. The molecule has 0 aliphatic carbocycles. The molecule has 262 valence electrons. The van der Waals surface area contributed by atoms with E-state index < -0.39 is 13.9 Å². The van der Waals surface area contributed by atoms with Gasteiger partial charge in [-0.25, -0.2) is 0 Å². The van der Waals surface area contributed by atoms with Crippen LogP contribution in [0.1, 0.15) is 149 Å². The van der Waals surface area contributed by atoms with Crippen LogP contribution in [0.25, 0.3) is 0 Å². The average molecular weight is 648 g/mol. The fraction of sp³-hybridized carbons (Fsp3) is 0.914. The molecule has 0 bridgehead atoms. The Bertz CT molecular complexity index is 726. The first-order valence-electron chi connectivity index (χ1n) is 17.9. The molecule has 0 heterocycles. The van der Waals surface area contributed by atoms with Crippen LogP contribution < -0.4 is 4.89 Å². The number of allylic oxidation sites excluding steroid dienone is 2. The lowest BCUT2D eigenvalue weighted by molar-refractivity contribution is -0.870. The van der Waals surface area contributed by atoms with Crippen molar-refractivity contribution < 1.29 is 37.3 Å². The smallest absolute Gasteiger partial charge is 0.306 e. The van der Waals surface area contributed by atoms with Crippen molar-refractivity contribution in [3.8, 4) is 0 Å². The van der Waals surface area contributed by atoms with Gasteiger partial charge in [0, 0.05) is 13.0 Å². The maximum atomic E-state index is 12.4. The standard InChI is InChI=1S/C35H70NO7P/c1-6-8-10-12-13-14-15-16-17-18-19-20-21-22-23-25-27-30-40-32-34(43-35(37)28-26-24-11-9-7-2)33-42-44(38,39)41-31-29-36(3,4)5/h17-18,34H,6-16,19-33H2,1-5H3/b18-17-. The van der Waals surface area contributed by atoms with E-state index in [0.717, 1.165) is 44.9 Å². The second-order valence-electron chi connectivity index (χ2n) is 13.2. The van der Waals surface area contributed by atoms with E-state index in [1.807, 2.05) is 21.1 Å². The first-order chi connectivity index (χ1) is 21.1. The predicted molar refractivity (Wildman–Crippen MR) is 181 cm³/mol. The molecule has 0 aromatic carbocycles. The molecule has 0 radical (unpaired) electrons. The lowest BCUT2D eigenvalue weighted by Crippen LogP contribution is -2.37. The summed E-state index contributed by atoms with van der Waals surface area (Å²) in [6.07, 6.45) is 28.3.